The van der Waals surface area contributed by atoms with Gasteiger partial charge in [-0.25, -0.2) is 0 Å². The zero-order valence-electron chi connectivity index (χ0n) is 20.0. The fourth-order valence-electron chi connectivity index (χ4n) is 4.00. The number of likely N-dealkylation sites (tertiary alicyclic amines) is 1. The predicted octanol–water partition coefficient (Wildman–Crippen LogP) is 5.06. The van der Waals surface area contributed by atoms with Gasteiger partial charge in [-0.3, -0.25) is 9.59 Å². The molecule has 0 unspecified atom stereocenters. The SMILES string of the molecule is COc1cccc(C(O)=C2C(=O)C(=O)N(CCCOC(C)C)[C@@H]2c2ccc(C(C)C)cc2)c1. The molecule has 0 spiro atoms. The van der Waals surface area contributed by atoms with Gasteiger partial charge < -0.3 is 19.5 Å². The van der Waals surface area contributed by atoms with Crippen molar-refractivity contribution < 1.29 is 24.2 Å². The smallest absolute Gasteiger partial charge is 0.295 e. The average molecular weight is 452 g/mol. The fraction of sp³-hybridized carbons (Fsp3) is 0.407. The highest BCUT2D eigenvalue weighted by Crippen LogP contribution is 2.40. The number of carbonyl (C=O) groups is 2. The van der Waals surface area contributed by atoms with Crippen molar-refractivity contribution in [1.29, 1.82) is 0 Å². The van der Waals surface area contributed by atoms with Crippen LogP contribution < -0.4 is 4.74 Å². The first-order valence-electron chi connectivity index (χ1n) is 11.4. The molecule has 0 aromatic heterocycles. The summed E-state index contributed by atoms with van der Waals surface area (Å²) in [6.45, 7) is 8.96. The molecule has 1 aliphatic heterocycles. The van der Waals surface area contributed by atoms with Gasteiger partial charge in [0.15, 0.2) is 0 Å². The minimum Gasteiger partial charge on any atom is -0.507 e. The van der Waals surface area contributed by atoms with Crippen molar-refractivity contribution in [3.05, 3.63) is 70.8 Å². The monoisotopic (exact) mass is 451 g/mol. The zero-order chi connectivity index (χ0) is 24.1. The van der Waals surface area contributed by atoms with Crippen LogP contribution in [0.4, 0.5) is 0 Å². The summed E-state index contributed by atoms with van der Waals surface area (Å²) < 4.78 is 10.9. The maximum absolute atomic E-state index is 13.1. The lowest BCUT2D eigenvalue weighted by Gasteiger charge is -2.26. The quantitative estimate of drug-likeness (QED) is 0.250. The van der Waals surface area contributed by atoms with Gasteiger partial charge in [-0.05, 0) is 49.4 Å². The maximum atomic E-state index is 13.1. The Hall–Kier alpha value is -3.12. The number of ketones is 1. The van der Waals surface area contributed by atoms with Crippen molar-refractivity contribution in [2.75, 3.05) is 20.3 Å². The third-order valence-corrected chi connectivity index (χ3v) is 5.80. The summed E-state index contributed by atoms with van der Waals surface area (Å²) in [6, 6.07) is 14.0. The first-order chi connectivity index (χ1) is 15.7. The van der Waals surface area contributed by atoms with Crippen LogP contribution in [-0.2, 0) is 14.3 Å². The van der Waals surface area contributed by atoms with E-state index in [1.165, 1.54) is 7.11 Å². The molecule has 6 nitrogen and oxygen atoms in total. The van der Waals surface area contributed by atoms with E-state index in [-0.39, 0.29) is 17.4 Å². The van der Waals surface area contributed by atoms with Gasteiger partial charge in [-0.2, -0.15) is 0 Å². The molecule has 1 amide bonds. The molecule has 6 heteroatoms. The van der Waals surface area contributed by atoms with E-state index in [1.54, 1.807) is 29.2 Å². The molecule has 33 heavy (non-hydrogen) atoms. The summed E-state index contributed by atoms with van der Waals surface area (Å²) in [6.07, 6.45) is 0.679. The summed E-state index contributed by atoms with van der Waals surface area (Å²) in [5, 5.41) is 11.2. The van der Waals surface area contributed by atoms with Gasteiger partial charge in [0.25, 0.3) is 11.7 Å². The zero-order valence-corrected chi connectivity index (χ0v) is 20.0. The summed E-state index contributed by atoms with van der Waals surface area (Å²) in [5.74, 6) is -0.585. The third kappa shape index (κ3) is 5.45. The minimum absolute atomic E-state index is 0.0906. The van der Waals surface area contributed by atoms with Crippen molar-refractivity contribution in [2.45, 2.75) is 52.2 Å². The number of aliphatic hydroxyl groups excluding tert-OH is 1. The van der Waals surface area contributed by atoms with Crippen molar-refractivity contribution >= 4 is 17.4 Å². The molecule has 0 bridgehead atoms. The lowest BCUT2D eigenvalue weighted by Crippen LogP contribution is -2.31. The molecule has 1 aliphatic rings. The van der Waals surface area contributed by atoms with E-state index in [2.05, 4.69) is 13.8 Å². The lowest BCUT2D eigenvalue weighted by molar-refractivity contribution is -0.140. The molecule has 1 saturated heterocycles. The van der Waals surface area contributed by atoms with E-state index in [0.29, 0.717) is 36.8 Å². The van der Waals surface area contributed by atoms with E-state index >= 15 is 0 Å². The number of ether oxygens (including phenoxy) is 2. The van der Waals surface area contributed by atoms with Crippen LogP contribution in [0.1, 0.15) is 62.8 Å². The van der Waals surface area contributed by atoms with Crippen molar-refractivity contribution in [3.8, 4) is 5.75 Å². The Balaban J connectivity index is 2.05. The Kier molecular flexibility index (Phi) is 7.92. The van der Waals surface area contributed by atoms with Crippen LogP contribution in [0, 0.1) is 0 Å². The largest absolute Gasteiger partial charge is 0.507 e. The molecule has 0 aliphatic carbocycles. The van der Waals surface area contributed by atoms with Gasteiger partial charge in [-0.15, -0.1) is 0 Å². The molecular formula is C27H33NO5. The van der Waals surface area contributed by atoms with Gasteiger partial charge in [-0.1, -0.05) is 50.2 Å². The van der Waals surface area contributed by atoms with Gasteiger partial charge in [0, 0.05) is 18.7 Å². The molecule has 1 fully saturated rings. The Morgan fingerprint density at radius 2 is 1.76 bits per heavy atom. The Morgan fingerprint density at radius 3 is 2.36 bits per heavy atom. The molecule has 1 heterocycles. The van der Waals surface area contributed by atoms with E-state index in [0.717, 1.165) is 11.1 Å². The molecular weight excluding hydrogens is 418 g/mol. The molecule has 1 atom stereocenters. The first-order valence-corrected chi connectivity index (χ1v) is 11.4. The summed E-state index contributed by atoms with van der Waals surface area (Å²) in [7, 11) is 1.54. The Labute approximate surface area is 195 Å². The molecule has 0 saturated carbocycles. The number of nitrogens with zero attached hydrogens (tertiary/aromatic N) is 1. The standard InChI is InChI=1S/C27H33NO5/c1-17(2)19-10-12-20(13-11-19)24-23(25(29)21-8-6-9-22(16-21)32-5)26(30)27(31)28(24)14-7-15-33-18(3)4/h6,8-13,16-18,24,29H,7,14-15H2,1-5H3/t24-/m1/s1. The third-order valence-electron chi connectivity index (χ3n) is 5.80. The summed E-state index contributed by atoms with van der Waals surface area (Å²) in [5.41, 5.74) is 2.47. The first kappa shape index (κ1) is 24.5. The van der Waals surface area contributed by atoms with Gasteiger partial charge >= 0.3 is 0 Å². The number of hydrogen-bond acceptors (Lipinski definition) is 5. The number of benzene rings is 2. The second kappa shape index (κ2) is 10.7. The van der Waals surface area contributed by atoms with Gasteiger partial charge in [0.1, 0.15) is 11.5 Å². The highest BCUT2D eigenvalue weighted by atomic mass is 16.5. The summed E-state index contributed by atoms with van der Waals surface area (Å²) in [4.78, 5) is 27.7. The van der Waals surface area contributed by atoms with Crippen LogP contribution in [0.2, 0.25) is 0 Å². The fourth-order valence-corrected chi connectivity index (χ4v) is 4.00. The van der Waals surface area contributed by atoms with Crippen LogP contribution in [0.15, 0.2) is 54.1 Å². The lowest BCUT2D eigenvalue weighted by atomic mass is 9.93. The topological polar surface area (TPSA) is 76.1 Å². The Bertz CT molecular complexity index is 1020. The number of methoxy groups -OCH3 is 1. The highest BCUT2D eigenvalue weighted by molar-refractivity contribution is 6.46. The number of aliphatic hydroxyl groups is 1. The van der Waals surface area contributed by atoms with Gasteiger partial charge in [0.05, 0.1) is 24.8 Å². The minimum atomic E-state index is -0.682. The van der Waals surface area contributed by atoms with Crippen LogP contribution in [-0.4, -0.2) is 48.1 Å². The number of rotatable bonds is 9. The van der Waals surface area contributed by atoms with Crippen molar-refractivity contribution in [2.24, 2.45) is 0 Å². The van der Waals surface area contributed by atoms with Crippen LogP contribution in [0.25, 0.3) is 5.76 Å². The van der Waals surface area contributed by atoms with Crippen LogP contribution in [0.3, 0.4) is 0 Å². The van der Waals surface area contributed by atoms with Crippen LogP contribution in [0.5, 0.6) is 5.75 Å². The predicted molar refractivity (Wildman–Crippen MR) is 128 cm³/mol. The number of Topliss-reactive ketones (excluding diaryl/α,β-unsaturated/α-hetero) is 1. The van der Waals surface area contributed by atoms with E-state index < -0.39 is 17.7 Å². The average Bonchev–Trinajstić information content (AvgIpc) is 3.06. The van der Waals surface area contributed by atoms with E-state index in [4.69, 9.17) is 9.47 Å². The van der Waals surface area contributed by atoms with Gasteiger partial charge in [0.2, 0.25) is 0 Å². The highest BCUT2D eigenvalue weighted by Gasteiger charge is 2.45. The molecule has 176 valence electrons. The number of hydrogen-bond donors (Lipinski definition) is 1. The van der Waals surface area contributed by atoms with E-state index in [9.17, 15) is 14.7 Å². The molecule has 3 rings (SSSR count). The molecule has 0 radical (unpaired) electrons. The summed E-state index contributed by atoms with van der Waals surface area (Å²) >= 11 is 0. The van der Waals surface area contributed by atoms with Crippen molar-refractivity contribution in [3.63, 3.8) is 0 Å². The van der Waals surface area contributed by atoms with Crippen molar-refractivity contribution in [1.82, 2.24) is 4.90 Å². The normalized spacial score (nSPS) is 17.9. The molecule has 1 N–H and O–H groups in total. The van der Waals surface area contributed by atoms with Crippen LogP contribution >= 0.6 is 0 Å². The Morgan fingerprint density at radius 1 is 1.06 bits per heavy atom. The number of carbonyl (C=O) groups excluding carboxylic acids is 2. The molecule has 2 aromatic rings. The second-order valence-corrected chi connectivity index (χ2v) is 8.82. The second-order valence-electron chi connectivity index (χ2n) is 8.82. The van der Waals surface area contributed by atoms with E-state index in [1.807, 2.05) is 38.1 Å². The molecule has 2 aromatic carbocycles. The number of amides is 1. The maximum Gasteiger partial charge on any atom is 0.295 e.